The summed E-state index contributed by atoms with van der Waals surface area (Å²) in [5.74, 6) is 0.858. The summed E-state index contributed by atoms with van der Waals surface area (Å²) in [6, 6.07) is 0. The molecule has 2 aliphatic carbocycles. The molecule has 0 aromatic heterocycles. The van der Waals surface area contributed by atoms with Gasteiger partial charge in [-0.2, -0.15) is 0 Å². The van der Waals surface area contributed by atoms with Crippen LogP contribution in [0.25, 0.3) is 0 Å². The van der Waals surface area contributed by atoms with Crippen molar-refractivity contribution in [3.8, 4) is 0 Å². The fraction of sp³-hybridized carbons (Fsp3) is 0.812. The van der Waals surface area contributed by atoms with Gasteiger partial charge in [0.15, 0.2) is 0 Å². The van der Waals surface area contributed by atoms with Gasteiger partial charge in [0.05, 0.1) is 5.92 Å². The van der Waals surface area contributed by atoms with Crippen LogP contribution in [-0.4, -0.2) is 11.6 Å². The van der Waals surface area contributed by atoms with Crippen molar-refractivity contribution in [2.75, 3.05) is 0 Å². The fourth-order valence-electron chi connectivity index (χ4n) is 2.98. The van der Waals surface area contributed by atoms with Crippen molar-refractivity contribution in [3.05, 3.63) is 12.2 Å². The van der Waals surface area contributed by atoms with Gasteiger partial charge in [-0.05, 0) is 57.8 Å². The summed E-state index contributed by atoms with van der Waals surface area (Å²) in [6.07, 6.45) is 13.5. The van der Waals surface area contributed by atoms with Crippen molar-refractivity contribution in [3.63, 3.8) is 0 Å². The van der Waals surface area contributed by atoms with Gasteiger partial charge in [0.1, 0.15) is 5.60 Å². The second kappa shape index (κ2) is 5.90. The molecule has 2 unspecified atom stereocenters. The van der Waals surface area contributed by atoms with Gasteiger partial charge < -0.3 is 4.74 Å². The maximum absolute atomic E-state index is 11.9. The minimum absolute atomic E-state index is 0.0470. The lowest BCUT2D eigenvalue weighted by molar-refractivity contribution is -0.162. The van der Waals surface area contributed by atoms with Crippen molar-refractivity contribution in [2.24, 2.45) is 11.8 Å². The Balaban J connectivity index is 1.92. The summed E-state index contributed by atoms with van der Waals surface area (Å²) >= 11 is 0. The summed E-state index contributed by atoms with van der Waals surface area (Å²) < 4.78 is 5.83. The van der Waals surface area contributed by atoms with Crippen LogP contribution in [0.2, 0.25) is 0 Å². The third-order valence-electron chi connectivity index (χ3n) is 4.08. The van der Waals surface area contributed by atoms with Gasteiger partial charge in [0, 0.05) is 0 Å². The molecule has 2 heteroatoms. The molecule has 18 heavy (non-hydrogen) atoms. The Morgan fingerprint density at radius 1 is 1.39 bits per heavy atom. The van der Waals surface area contributed by atoms with Crippen LogP contribution in [0.1, 0.15) is 65.2 Å². The van der Waals surface area contributed by atoms with Crippen molar-refractivity contribution >= 4 is 5.97 Å². The zero-order chi connectivity index (χ0) is 13.0. The normalized spacial score (nSPS) is 26.7. The fourth-order valence-corrected chi connectivity index (χ4v) is 2.98. The number of carbonyl (C=O) groups excluding carboxylic acids is 1. The average Bonchev–Trinajstić information content (AvgIpc) is 3.13. The third-order valence-corrected chi connectivity index (χ3v) is 4.08. The Kier molecular flexibility index (Phi) is 4.47. The SMILES string of the molecule is CCCC(C)(CC1C=CCCC1)OC(=O)C1CC1. The lowest BCUT2D eigenvalue weighted by Crippen LogP contribution is -2.34. The van der Waals surface area contributed by atoms with Gasteiger partial charge in [-0.25, -0.2) is 0 Å². The first-order chi connectivity index (χ1) is 8.63. The lowest BCUT2D eigenvalue weighted by Gasteiger charge is -2.33. The predicted octanol–water partition coefficient (Wildman–Crippen LogP) is 4.24. The van der Waals surface area contributed by atoms with Crippen LogP contribution in [0.4, 0.5) is 0 Å². The van der Waals surface area contributed by atoms with Crippen LogP contribution < -0.4 is 0 Å². The van der Waals surface area contributed by atoms with Gasteiger partial charge in [-0.3, -0.25) is 4.79 Å². The summed E-state index contributed by atoms with van der Waals surface area (Å²) in [6.45, 7) is 4.29. The quantitative estimate of drug-likeness (QED) is 0.520. The number of hydrogen-bond acceptors (Lipinski definition) is 2. The number of ether oxygens (including phenoxy) is 1. The van der Waals surface area contributed by atoms with Crippen LogP contribution in [0, 0.1) is 11.8 Å². The molecule has 0 N–H and O–H groups in total. The van der Waals surface area contributed by atoms with Gasteiger partial charge in [0.25, 0.3) is 0 Å². The van der Waals surface area contributed by atoms with E-state index >= 15 is 0 Å². The van der Waals surface area contributed by atoms with Crippen molar-refractivity contribution in [1.29, 1.82) is 0 Å². The molecule has 0 bridgehead atoms. The number of carbonyl (C=O) groups is 1. The second-order valence-corrected chi connectivity index (χ2v) is 6.22. The van der Waals surface area contributed by atoms with E-state index in [9.17, 15) is 4.79 Å². The predicted molar refractivity (Wildman–Crippen MR) is 73.2 cm³/mol. The molecule has 0 amide bonds. The highest BCUT2D eigenvalue weighted by Gasteiger charge is 2.37. The number of allylic oxidation sites excluding steroid dienone is 2. The molecule has 0 saturated heterocycles. The summed E-state index contributed by atoms with van der Waals surface area (Å²) in [5.41, 5.74) is -0.249. The molecule has 0 radical (unpaired) electrons. The maximum Gasteiger partial charge on any atom is 0.309 e. The molecule has 2 nitrogen and oxygen atoms in total. The summed E-state index contributed by atoms with van der Waals surface area (Å²) in [5, 5.41) is 0. The van der Waals surface area contributed by atoms with Crippen molar-refractivity contribution < 1.29 is 9.53 Å². The van der Waals surface area contributed by atoms with Crippen LogP contribution >= 0.6 is 0 Å². The molecule has 1 fully saturated rings. The van der Waals surface area contributed by atoms with Gasteiger partial charge in [0.2, 0.25) is 0 Å². The van der Waals surface area contributed by atoms with E-state index in [2.05, 4.69) is 26.0 Å². The molecule has 102 valence electrons. The zero-order valence-corrected chi connectivity index (χ0v) is 11.8. The van der Waals surface area contributed by atoms with Gasteiger partial charge in [-0.15, -0.1) is 0 Å². The van der Waals surface area contributed by atoms with E-state index in [4.69, 9.17) is 4.74 Å². The molecule has 2 rings (SSSR count). The van der Waals surface area contributed by atoms with Crippen molar-refractivity contribution in [1.82, 2.24) is 0 Å². The van der Waals surface area contributed by atoms with E-state index in [-0.39, 0.29) is 17.5 Å². The van der Waals surface area contributed by atoms with Gasteiger partial charge in [-0.1, -0.05) is 25.5 Å². The topological polar surface area (TPSA) is 26.3 Å². The van der Waals surface area contributed by atoms with Crippen LogP contribution in [0.3, 0.4) is 0 Å². The van der Waals surface area contributed by atoms with E-state index in [1.54, 1.807) is 0 Å². The Hall–Kier alpha value is -0.790. The molecule has 2 aliphatic rings. The van der Waals surface area contributed by atoms with Crippen molar-refractivity contribution in [2.45, 2.75) is 70.8 Å². The highest BCUT2D eigenvalue weighted by atomic mass is 16.6. The first-order valence-corrected chi connectivity index (χ1v) is 7.52. The minimum Gasteiger partial charge on any atom is -0.459 e. The molecule has 0 heterocycles. The molecule has 2 atom stereocenters. The molecule has 0 aromatic carbocycles. The third kappa shape index (κ3) is 3.86. The standard InChI is InChI=1S/C16H26O2/c1-3-11-16(2,18-15(17)14-9-10-14)12-13-7-5-4-6-8-13/h5,7,13-14H,3-4,6,8-12H2,1-2H3. The number of hydrogen-bond donors (Lipinski definition) is 0. The van der Waals surface area contributed by atoms with E-state index in [0.29, 0.717) is 5.92 Å². The molecule has 1 saturated carbocycles. The smallest absolute Gasteiger partial charge is 0.309 e. The van der Waals surface area contributed by atoms with E-state index < -0.39 is 0 Å². The van der Waals surface area contributed by atoms with Crippen LogP contribution in [0.15, 0.2) is 12.2 Å². The molecule has 0 spiro atoms. The lowest BCUT2D eigenvalue weighted by atomic mass is 9.83. The first-order valence-electron chi connectivity index (χ1n) is 7.52. The molecular weight excluding hydrogens is 224 g/mol. The Morgan fingerprint density at radius 3 is 2.72 bits per heavy atom. The van der Waals surface area contributed by atoms with Gasteiger partial charge >= 0.3 is 5.97 Å². The highest BCUT2D eigenvalue weighted by Crippen LogP contribution is 2.36. The summed E-state index contributed by atoms with van der Waals surface area (Å²) in [4.78, 5) is 11.9. The molecule has 0 aliphatic heterocycles. The van der Waals surface area contributed by atoms with E-state index in [1.807, 2.05) is 0 Å². The largest absolute Gasteiger partial charge is 0.459 e. The maximum atomic E-state index is 11.9. The van der Waals surface area contributed by atoms with Crippen LogP contribution in [0.5, 0.6) is 0 Å². The monoisotopic (exact) mass is 250 g/mol. The molecular formula is C16H26O2. The number of esters is 1. The number of rotatable bonds is 6. The highest BCUT2D eigenvalue weighted by molar-refractivity contribution is 5.75. The first kappa shape index (κ1) is 13.6. The van der Waals surface area contributed by atoms with E-state index in [1.165, 1.54) is 19.3 Å². The second-order valence-electron chi connectivity index (χ2n) is 6.22. The molecule has 0 aromatic rings. The minimum atomic E-state index is -0.249. The van der Waals surface area contributed by atoms with Crippen LogP contribution in [-0.2, 0) is 9.53 Å². The Labute approximate surface area is 111 Å². The average molecular weight is 250 g/mol. The Morgan fingerprint density at radius 2 is 2.17 bits per heavy atom. The van der Waals surface area contributed by atoms with E-state index in [0.717, 1.165) is 32.1 Å². The zero-order valence-electron chi connectivity index (χ0n) is 11.8. The summed E-state index contributed by atoms with van der Waals surface area (Å²) in [7, 11) is 0. The Bertz CT molecular complexity index is 317.